The monoisotopic (exact) mass is 264 g/mol. The molecule has 0 saturated carbocycles. The number of nitrogens with zero attached hydrogens (tertiary/aromatic N) is 3. The minimum absolute atomic E-state index is 0.0531. The summed E-state index contributed by atoms with van der Waals surface area (Å²) >= 11 is 0. The zero-order valence-electron chi connectivity index (χ0n) is 11.6. The second kappa shape index (κ2) is 5.03. The molecule has 1 saturated heterocycles. The van der Waals surface area contributed by atoms with Crippen LogP contribution in [-0.2, 0) is 22.7 Å². The van der Waals surface area contributed by atoms with E-state index in [0.29, 0.717) is 19.5 Å². The molecule has 1 fully saturated rings. The smallest absolute Gasteiger partial charge is 0.248 e. The molecule has 1 N–H and O–H groups in total. The normalized spacial score (nSPS) is 19.2. The summed E-state index contributed by atoms with van der Waals surface area (Å²) in [6.07, 6.45) is 4.04. The van der Waals surface area contributed by atoms with E-state index in [0.717, 1.165) is 12.1 Å². The first kappa shape index (κ1) is 13.6. The van der Waals surface area contributed by atoms with Crippen LogP contribution < -0.4 is 5.32 Å². The van der Waals surface area contributed by atoms with Gasteiger partial charge >= 0.3 is 0 Å². The minimum Gasteiger partial charge on any atom is -0.342 e. The van der Waals surface area contributed by atoms with Crippen LogP contribution >= 0.6 is 0 Å². The molecule has 0 aromatic carbocycles. The maximum Gasteiger partial charge on any atom is 0.248 e. The van der Waals surface area contributed by atoms with Crippen LogP contribution in [0, 0.1) is 0 Å². The number of amides is 2. The van der Waals surface area contributed by atoms with Gasteiger partial charge in [0.05, 0.1) is 6.20 Å². The zero-order valence-corrected chi connectivity index (χ0v) is 11.6. The van der Waals surface area contributed by atoms with E-state index >= 15 is 0 Å². The fourth-order valence-electron chi connectivity index (χ4n) is 2.23. The van der Waals surface area contributed by atoms with Crippen LogP contribution in [0.3, 0.4) is 0 Å². The zero-order chi connectivity index (χ0) is 14.0. The van der Waals surface area contributed by atoms with Crippen LogP contribution in [0.4, 0.5) is 0 Å². The molecule has 0 spiro atoms. The van der Waals surface area contributed by atoms with Gasteiger partial charge in [0.25, 0.3) is 0 Å². The number of carbonyl (C=O) groups excluding carboxylic acids is 2. The molecule has 0 unspecified atom stereocenters. The lowest BCUT2D eigenvalue weighted by atomic mass is 10.0. The summed E-state index contributed by atoms with van der Waals surface area (Å²) in [5, 5.41) is 6.95. The lowest BCUT2D eigenvalue weighted by molar-refractivity contribution is -0.137. The van der Waals surface area contributed by atoms with Crippen LogP contribution in [-0.4, -0.2) is 38.6 Å². The number of nitrogens with one attached hydrogen (secondary N) is 1. The summed E-state index contributed by atoms with van der Waals surface area (Å²) in [6.45, 7) is 7.24. The van der Waals surface area contributed by atoms with E-state index in [1.807, 2.05) is 17.8 Å². The molecule has 2 amide bonds. The lowest BCUT2D eigenvalue weighted by Gasteiger charge is -2.28. The number of aromatic nitrogens is 2. The van der Waals surface area contributed by atoms with E-state index in [2.05, 4.69) is 10.4 Å². The van der Waals surface area contributed by atoms with Gasteiger partial charge in [-0.25, -0.2) is 0 Å². The number of aryl methyl sites for hydroxylation is 1. The maximum absolute atomic E-state index is 12.4. The summed E-state index contributed by atoms with van der Waals surface area (Å²) in [5.74, 6) is -0.132. The Morgan fingerprint density at radius 3 is 2.79 bits per heavy atom. The third kappa shape index (κ3) is 2.94. The lowest BCUT2D eigenvalue weighted by Crippen LogP contribution is -2.52. The van der Waals surface area contributed by atoms with Crippen molar-refractivity contribution in [2.75, 3.05) is 6.54 Å². The van der Waals surface area contributed by atoms with Gasteiger partial charge in [-0.1, -0.05) is 0 Å². The molecule has 6 nitrogen and oxygen atoms in total. The van der Waals surface area contributed by atoms with Gasteiger partial charge in [-0.05, 0) is 20.8 Å². The quantitative estimate of drug-likeness (QED) is 0.866. The minimum atomic E-state index is -0.839. The molecule has 1 aromatic rings. The predicted octanol–water partition coefficient (Wildman–Crippen LogP) is 0.530. The Labute approximate surface area is 112 Å². The van der Waals surface area contributed by atoms with Crippen molar-refractivity contribution in [2.24, 2.45) is 0 Å². The van der Waals surface area contributed by atoms with Crippen LogP contribution in [0.1, 0.15) is 32.8 Å². The van der Waals surface area contributed by atoms with Gasteiger partial charge in [-0.3, -0.25) is 14.3 Å². The molecule has 2 rings (SSSR count). The molecule has 6 heteroatoms. The molecule has 0 aliphatic carbocycles. The van der Waals surface area contributed by atoms with Crippen molar-refractivity contribution in [1.82, 2.24) is 20.0 Å². The van der Waals surface area contributed by atoms with Gasteiger partial charge in [0.15, 0.2) is 0 Å². The van der Waals surface area contributed by atoms with E-state index < -0.39 is 5.54 Å². The standard InChI is InChI=1S/C13H20N4O2/c1-4-17-9-10(7-14-17)8-16-6-5-11(18)15-13(2,3)12(16)19/h7,9H,4-6,8H2,1-3H3,(H,15,18). The first-order valence-corrected chi connectivity index (χ1v) is 6.54. The van der Waals surface area contributed by atoms with Gasteiger partial charge in [0.1, 0.15) is 5.54 Å². The molecule has 2 heterocycles. The molecule has 1 aliphatic rings. The van der Waals surface area contributed by atoms with E-state index in [9.17, 15) is 9.59 Å². The number of hydrogen-bond acceptors (Lipinski definition) is 3. The number of rotatable bonds is 3. The Balaban J connectivity index is 2.14. The molecule has 1 aromatic heterocycles. The highest BCUT2D eigenvalue weighted by Gasteiger charge is 2.36. The molecular weight excluding hydrogens is 244 g/mol. The predicted molar refractivity (Wildman–Crippen MR) is 70.2 cm³/mol. The fourth-order valence-corrected chi connectivity index (χ4v) is 2.23. The highest BCUT2D eigenvalue weighted by Crippen LogP contribution is 2.16. The van der Waals surface area contributed by atoms with E-state index in [4.69, 9.17) is 0 Å². The summed E-state index contributed by atoms with van der Waals surface area (Å²) < 4.78 is 1.83. The number of carbonyl (C=O) groups is 2. The third-order valence-corrected chi connectivity index (χ3v) is 3.27. The van der Waals surface area contributed by atoms with E-state index in [1.165, 1.54) is 0 Å². The van der Waals surface area contributed by atoms with Crippen molar-refractivity contribution in [2.45, 2.75) is 45.8 Å². The van der Waals surface area contributed by atoms with Crippen molar-refractivity contribution >= 4 is 11.8 Å². The molecule has 19 heavy (non-hydrogen) atoms. The van der Waals surface area contributed by atoms with Crippen molar-refractivity contribution in [3.63, 3.8) is 0 Å². The largest absolute Gasteiger partial charge is 0.342 e. The molecule has 0 radical (unpaired) electrons. The highest BCUT2D eigenvalue weighted by atomic mass is 16.2. The van der Waals surface area contributed by atoms with E-state index in [-0.39, 0.29) is 11.8 Å². The SMILES string of the molecule is CCn1cc(CN2CCC(=O)NC(C)(C)C2=O)cn1. The Morgan fingerprint density at radius 1 is 1.42 bits per heavy atom. The second-order valence-corrected chi connectivity index (χ2v) is 5.35. The van der Waals surface area contributed by atoms with Crippen LogP contribution in [0.5, 0.6) is 0 Å². The molecular formula is C13H20N4O2. The van der Waals surface area contributed by atoms with Gasteiger partial charge < -0.3 is 10.2 Å². The third-order valence-electron chi connectivity index (χ3n) is 3.27. The van der Waals surface area contributed by atoms with Gasteiger partial charge in [-0.2, -0.15) is 5.10 Å². The maximum atomic E-state index is 12.4. The van der Waals surface area contributed by atoms with Gasteiger partial charge in [-0.15, -0.1) is 0 Å². The Kier molecular flexibility index (Phi) is 3.59. The molecule has 0 atom stereocenters. The first-order chi connectivity index (χ1) is 8.92. The van der Waals surface area contributed by atoms with Crippen LogP contribution in [0.25, 0.3) is 0 Å². The Hall–Kier alpha value is -1.85. The second-order valence-electron chi connectivity index (χ2n) is 5.35. The topological polar surface area (TPSA) is 67.2 Å². The molecule has 104 valence electrons. The average Bonchev–Trinajstić information content (AvgIpc) is 2.77. The highest BCUT2D eigenvalue weighted by molar-refractivity contribution is 5.92. The Morgan fingerprint density at radius 2 is 2.16 bits per heavy atom. The fraction of sp³-hybridized carbons (Fsp3) is 0.615. The van der Waals surface area contributed by atoms with Gasteiger partial charge in [0, 0.05) is 37.8 Å². The van der Waals surface area contributed by atoms with Crippen molar-refractivity contribution in [3.8, 4) is 0 Å². The summed E-state index contributed by atoms with van der Waals surface area (Å²) in [5.41, 5.74) is 0.147. The van der Waals surface area contributed by atoms with Crippen LogP contribution in [0.15, 0.2) is 12.4 Å². The summed E-state index contributed by atoms with van der Waals surface area (Å²) in [7, 11) is 0. The van der Waals surface area contributed by atoms with Crippen LogP contribution in [0.2, 0.25) is 0 Å². The van der Waals surface area contributed by atoms with E-state index in [1.54, 1.807) is 24.9 Å². The van der Waals surface area contributed by atoms with Crippen molar-refractivity contribution in [1.29, 1.82) is 0 Å². The number of hydrogen-bond donors (Lipinski definition) is 1. The molecule has 0 bridgehead atoms. The summed E-state index contributed by atoms with van der Waals surface area (Å²) in [4.78, 5) is 25.7. The Bertz CT molecular complexity index is 493. The van der Waals surface area contributed by atoms with Crippen molar-refractivity contribution < 1.29 is 9.59 Å². The average molecular weight is 264 g/mol. The van der Waals surface area contributed by atoms with Gasteiger partial charge in [0.2, 0.25) is 11.8 Å². The molecule has 1 aliphatic heterocycles. The summed E-state index contributed by atoms with van der Waals surface area (Å²) in [6, 6.07) is 0. The first-order valence-electron chi connectivity index (χ1n) is 6.54. The van der Waals surface area contributed by atoms with Crippen molar-refractivity contribution in [3.05, 3.63) is 18.0 Å².